The third-order valence-electron chi connectivity index (χ3n) is 2.66. The molecule has 0 fully saturated rings. The van der Waals surface area contributed by atoms with Crippen LogP contribution in [0.3, 0.4) is 0 Å². The molecule has 0 heterocycles. The lowest BCUT2D eigenvalue weighted by molar-refractivity contribution is -0.123. The highest BCUT2D eigenvalue weighted by molar-refractivity contribution is 5.81. The fourth-order valence-electron chi connectivity index (χ4n) is 1.63. The van der Waals surface area contributed by atoms with E-state index in [0.717, 1.165) is 25.8 Å². The number of ether oxygens (including phenoxy) is 1. The Labute approximate surface area is 110 Å². The fraction of sp³-hybridized carbons (Fsp3) is 0.923. The van der Waals surface area contributed by atoms with Crippen molar-refractivity contribution >= 4 is 5.91 Å². The molecule has 0 saturated carbocycles. The van der Waals surface area contributed by atoms with Gasteiger partial charge in [-0.1, -0.05) is 13.3 Å². The van der Waals surface area contributed by atoms with Crippen molar-refractivity contribution in [2.45, 2.75) is 52.1 Å². The molecule has 0 aliphatic heterocycles. The van der Waals surface area contributed by atoms with E-state index in [1.165, 1.54) is 0 Å². The van der Waals surface area contributed by atoms with Crippen molar-refractivity contribution in [3.8, 4) is 0 Å². The number of amides is 1. The predicted molar refractivity (Wildman–Crippen MR) is 72.5 cm³/mol. The van der Waals surface area contributed by atoms with E-state index in [4.69, 9.17) is 9.84 Å². The van der Waals surface area contributed by atoms with Crippen LogP contribution in [0, 0.1) is 0 Å². The van der Waals surface area contributed by atoms with Crippen molar-refractivity contribution in [2.75, 3.05) is 26.4 Å². The molecular weight excluding hydrogens is 232 g/mol. The maximum Gasteiger partial charge on any atom is 0.237 e. The van der Waals surface area contributed by atoms with Gasteiger partial charge in [-0.25, -0.2) is 0 Å². The van der Waals surface area contributed by atoms with Crippen molar-refractivity contribution in [1.82, 2.24) is 10.6 Å². The molecule has 2 unspecified atom stereocenters. The van der Waals surface area contributed by atoms with Crippen LogP contribution < -0.4 is 10.6 Å². The summed E-state index contributed by atoms with van der Waals surface area (Å²) in [6.45, 7) is 7.78. The zero-order chi connectivity index (χ0) is 13.8. The Balaban J connectivity index is 3.55. The molecule has 0 aromatic carbocycles. The van der Waals surface area contributed by atoms with Gasteiger partial charge in [-0.05, 0) is 33.2 Å². The zero-order valence-corrected chi connectivity index (χ0v) is 11.9. The standard InChI is InChI=1S/C13H28N2O3/c1-4-6-11(2)15-13(17)12(3)14-7-5-9-18-10-8-16/h11-12,14,16H,4-10H2,1-3H3,(H,15,17). The average molecular weight is 260 g/mol. The van der Waals surface area contributed by atoms with Crippen LogP contribution >= 0.6 is 0 Å². The molecule has 1 amide bonds. The number of hydrogen-bond donors (Lipinski definition) is 3. The summed E-state index contributed by atoms with van der Waals surface area (Å²) in [4.78, 5) is 11.8. The summed E-state index contributed by atoms with van der Waals surface area (Å²) in [6, 6.07) is 0.0572. The number of carbonyl (C=O) groups is 1. The average Bonchev–Trinajstić information content (AvgIpc) is 2.33. The second kappa shape index (κ2) is 11.4. The van der Waals surface area contributed by atoms with Gasteiger partial charge in [0.1, 0.15) is 0 Å². The van der Waals surface area contributed by atoms with Crippen LogP contribution in [0.15, 0.2) is 0 Å². The molecule has 5 heteroatoms. The van der Waals surface area contributed by atoms with E-state index < -0.39 is 0 Å². The summed E-state index contributed by atoms with van der Waals surface area (Å²) in [5.74, 6) is 0.0484. The number of aliphatic hydroxyl groups excluding tert-OH is 1. The lowest BCUT2D eigenvalue weighted by atomic mass is 10.2. The minimum atomic E-state index is -0.179. The molecule has 0 aromatic rings. The van der Waals surface area contributed by atoms with Crippen molar-refractivity contribution < 1.29 is 14.6 Å². The SMILES string of the molecule is CCCC(C)NC(=O)C(C)NCCCOCCO. The Hall–Kier alpha value is -0.650. The third-order valence-corrected chi connectivity index (χ3v) is 2.66. The molecule has 0 rings (SSSR count). The second-order valence-corrected chi connectivity index (χ2v) is 4.56. The lowest BCUT2D eigenvalue weighted by Gasteiger charge is -2.18. The lowest BCUT2D eigenvalue weighted by Crippen LogP contribution is -2.45. The van der Waals surface area contributed by atoms with Crippen LogP contribution in [0.4, 0.5) is 0 Å². The zero-order valence-electron chi connectivity index (χ0n) is 11.9. The maximum absolute atomic E-state index is 11.8. The minimum absolute atomic E-state index is 0.0484. The van der Waals surface area contributed by atoms with Crippen LogP contribution in [-0.2, 0) is 9.53 Å². The van der Waals surface area contributed by atoms with Gasteiger partial charge < -0.3 is 20.5 Å². The van der Waals surface area contributed by atoms with Crippen LogP contribution in [0.25, 0.3) is 0 Å². The van der Waals surface area contributed by atoms with Crippen molar-refractivity contribution in [2.24, 2.45) is 0 Å². The van der Waals surface area contributed by atoms with Crippen molar-refractivity contribution in [3.05, 3.63) is 0 Å². The third kappa shape index (κ3) is 9.39. The van der Waals surface area contributed by atoms with E-state index in [0.29, 0.717) is 13.2 Å². The molecule has 0 bridgehead atoms. The van der Waals surface area contributed by atoms with E-state index in [1.54, 1.807) is 0 Å². The molecule has 0 saturated heterocycles. The van der Waals surface area contributed by atoms with Gasteiger partial charge in [0, 0.05) is 12.6 Å². The van der Waals surface area contributed by atoms with E-state index in [-0.39, 0.29) is 24.6 Å². The van der Waals surface area contributed by atoms with E-state index in [1.807, 2.05) is 13.8 Å². The van der Waals surface area contributed by atoms with Crippen molar-refractivity contribution in [3.63, 3.8) is 0 Å². The molecule has 18 heavy (non-hydrogen) atoms. The van der Waals surface area contributed by atoms with Gasteiger partial charge >= 0.3 is 0 Å². The number of nitrogens with one attached hydrogen (secondary N) is 2. The van der Waals surface area contributed by atoms with Gasteiger partial charge in [0.25, 0.3) is 0 Å². The molecule has 3 N–H and O–H groups in total. The Bertz CT molecular complexity index is 212. The number of hydrogen-bond acceptors (Lipinski definition) is 4. The first kappa shape index (κ1) is 17.4. The maximum atomic E-state index is 11.8. The van der Waals surface area contributed by atoms with Gasteiger partial charge in [-0.2, -0.15) is 0 Å². The Kier molecular flexibility index (Phi) is 11.0. The highest BCUT2D eigenvalue weighted by atomic mass is 16.5. The predicted octanol–water partition coefficient (Wildman–Crippen LogP) is 0.668. The first-order valence-electron chi connectivity index (χ1n) is 6.84. The van der Waals surface area contributed by atoms with Crippen molar-refractivity contribution in [1.29, 1.82) is 0 Å². The highest BCUT2D eigenvalue weighted by Gasteiger charge is 2.13. The first-order chi connectivity index (χ1) is 8.61. The molecule has 0 aliphatic rings. The molecule has 2 atom stereocenters. The normalized spacial score (nSPS) is 14.2. The summed E-state index contributed by atoms with van der Waals surface area (Å²) in [7, 11) is 0. The van der Waals surface area contributed by atoms with Gasteiger partial charge in [0.05, 0.1) is 19.3 Å². The van der Waals surface area contributed by atoms with E-state index in [2.05, 4.69) is 17.6 Å². The van der Waals surface area contributed by atoms with Crippen LogP contribution in [0.5, 0.6) is 0 Å². The Morgan fingerprint density at radius 3 is 2.67 bits per heavy atom. The van der Waals surface area contributed by atoms with E-state index in [9.17, 15) is 4.79 Å². The molecule has 0 radical (unpaired) electrons. The van der Waals surface area contributed by atoms with Crippen LogP contribution in [0.2, 0.25) is 0 Å². The summed E-state index contributed by atoms with van der Waals surface area (Å²) in [5, 5.41) is 14.6. The number of carbonyl (C=O) groups excluding carboxylic acids is 1. The van der Waals surface area contributed by atoms with Gasteiger partial charge in [-0.3, -0.25) is 4.79 Å². The Morgan fingerprint density at radius 2 is 2.06 bits per heavy atom. The molecule has 0 aliphatic carbocycles. The quantitative estimate of drug-likeness (QED) is 0.478. The summed E-state index contributed by atoms with van der Waals surface area (Å²) in [6.07, 6.45) is 2.92. The molecular formula is C13H28N2O3. The Morgan fingerprint density at radius 1 is 1.33 bits per heavy atom. The topological polar surface area (TPSA) is 70.6 Å². The molecule has 108 valence electrons. The second-order valence-electron chi connectivity index (χ2n) is 4.56. The monoisotopic (exact) mass is 260 g/mol. The summed E-state index contributed by atoms with van der Waals surface area (Å²) < 4.78 is 5.13. The number of rotatable bonds is 11. The van der Waals surface area contributed by atoms with Gasteiger partial charge in [0.15, 0.2) is 0 Å². The van der Waals surface area contributed by atoms with Gasteiger partial charge in [-0.15, -0.1) is 0 Å². The summed E-state index contributed by atoms with van der Waals surface area (Å²) in [5.41, 5.74) is 0. The number of aliphatic hydroxyl groups is 1. The van der Waals surface area contributed by atoms with E-state index >= 15 is 0 Å². The largest absolute Gasteiger partial charge is 0.394 e. The molecule has 0 spiro atoms. The fourth-order valence-corrected chi connectivity index (χ4v) is 1.63. The van der Waals surface area contributed by atoms with Crippen LogP contribution in [0.1, 0.15) is 40.0 Å². The first-order valence-corrected chi connectivity index (χ1v) is 6.84. The molecule has 0 aromatic heterocycles. The summed E-state index contributed by atoms with van der Waals surface area (Å²) >= 11 is 0. The smallest absolute Gasteiger partial charge is 0.237 e. The molecule has 5 nitrogen and oxygen atoms in total. The highest BCUT2D eigenvalue weighted by Crippen LogP contribution is 1.95. The van der Waals surface area contributed by atoms with Crippen LogP contribution in [-0.4, -0.2) is 49.5 Å². The minimum Gasteiger partial charge on any atom is -0.394 e. The van der Waals surface area contributed by atoms with Gasteiger partial charge in [0.2, 0.25) is 5.91 Å².